The van der Waals surface area contributed by atoms with Gasteiger partial charge in [-0.3, -0.25) is 4.90 Å². The highest BCUT2D eigenvalue weighted by molar-refractivity contribution is 5.84. The van der Waals surface area contributed by atoms with Crippen LogP contribution in [-0.4, -0.2) is 34.7 Å². The van der Waals surface area contributed by atoms with Gasteiger partial charge in [-0.15, -0.1) is 0 Å². The Bertz CT molecular complexity index is 1220. The molecule has 0 bridgehead atoms. The summed E-state index contributed by atoms with van der Waals surface area (Å²) in [5.74, 6) is -0.943. The van der Waals surface area contributed by atoms with Crippen LogP contribution in [-0.2, 0) is 28.9 Å². The highest BCUT2D eigenvalue weighted by Gasteiger charge is 2.34. The molecule has 0 spiro atoms. The van der Waals surface area contributed by atoms with Crippen LogP contribution in [0.4, 0.5) is 0 Å². The van der Waals surface area contributed by atoms with E-state index in [1.807, 2.05) is 20.8 Å². The van der Waals surface area contributed by atoms with Gasteiger partial charge in [0.25, 0.3) is 0 Å². The minimum Gasteiger partial charge on any atom is -0.479 e. The lowest BCUT2D eigenvalue weighted by molar-refractivity contribution is -0.160. The Morgan fingerprint density at radius 2 is 1.64 bits per heavy atom. The number of hydrogen-bond acceptors (Lipinski definition) is 3. The number of carbonyl (C=O) groups is 1. The van der Waals surface area contributed by atoms with E-state index in [1.165, 1.54) is 27.8 Å². The highest BCUT2D eigenvalue weighted by Crippen LogP contribution is 2.42. The molecule has 0 fully saturated rings. The summed E-state index contributed by atoms with van der Waals surface area (Å²) < 4.78 is 6.20. The average molecular weight is 486 g/mol. The standard InChI is InChI=1S/C32H39NO3/c1-21-12-14-25(15-13-21)28-23(3)27-20-33(18-16-24-10-8-7-9-11-24)19-17-26(27)22(2)29(28)30(31(34)35)36-32(4,5)6/h7-15,30H,16-20H2,1-6H3,(H,34,35). The molecule has 0 aromatic heterocycles. The van der Waals surface area contributed by atoms with Crippen molar-refractivity contribution in [2.45, 2.75) is 72.6 Å². The van der Waals surface area contributed by atoms with E-state index in [9.17, 15) is 9.90 Å². The Balaban J connectivity index is 1.80. The zero-order valence-electron chi connectivity index (χ0n) is 22.5. The van der Waals surface area contributed by atoms with Crippen LogP contribution in [0.25, 0.3) is 11.1 Å². The van der Waals surface area contributed by atoms with E-state index in [0.717, 1.165) is 54.7 Å². The Morgan fingerprint density at radius 3 is 2.25 bits per heavy atom. The summed E-state index contributed by atoms with van der Waals surface area (Å²) in [7, 11) is 0. The van der Waals surface area contributed by atoms with Crippen molar-refractivity contribution in [2.24, 2.45) is 0 Å². The summed E-state index contributed by atoms with van der Waals surface area (Å²) in [5, 5.41) is 10.3. The molecule has 0 aliphatic carbocycles. The fraction of sp³-hybridized carbons (Fsp3) is 0.406. The topological polar surface area (TPSA) is 49.8 Å². The monoisotopic (exact) mass is 485 g/mol. The van der Waals surface area contributed by atoms with Crippen molar-refractivity contribution in [3.63, 3.8) is 0 Å². The molecule has 0 radical (unpaired) electrons. The lowest BCUT2D eigenvalue weighted by atomic mass is 9.80. The maximum absolute atomic E-state index is 12.6. The van der Waals surface area contributed by atoms with Crippen LogP contribution in [0.5, 0.6) is 0 Å². The summed E-state index contributed by atoms with van der Waals surface area (Å²) in [6.45, 7) is 14.9. The Labute approximate surface area is 215 Å². The van der Waals surface area contributed by atoms with Gasteiger partial charge in [-0.25, -0.2) is 4.79 Å². The Hall–Kier alpha value is -2.95. The third-order valence-electron chi connectivity index (χ3n) is 7.24. The highest BCUT2D eigenvalue weighted by atomic mass is 16.5. The number of aliphatic carboxylic acids is 1. The van der Waals surface area contributed by atoms with Gasteiger partial charge in [-0.1, -0.05) is 60.2 Å². The molecule has 4 nitrogen and oxygen atoms in total. The van der Waals surface area contributed by atoms with Gasteiger partial charge in [0.2, 0.25) is 0 Å². The maximum atomic E-state index is 12.6. The number of ether oxygens (including phenoxy) is 1. The molecular weight excluding hydrogens is 446 g/mol. The third kappa shape index (κ3) is 5.71. The maximum Gasteiger partial charge on any atom is 0.337 e. The van der Waals surface area contributed by atoms with Crippen molar-refractivity contribution in [1.29, 1.82) is 0 Å². The second-order valence-electron chi connectivity index (χ2n) is 11.1. The molecule has 190 valence electrons. The molecule has 4 heteroatoms. The van der Waals surface area contributed by atoms with Crippen LogP contribution < -0.4 is 0 Å². The second-order valence-corrected chi connectivity index (χ2v) is 11.1. The van der Waals surface area contributed by atoms with Crippen molar-refractivity contribution < 1.29 is 14.6 Å². The Morgan fingerprint density at radius 1 is 0.972 bits per heavy atom. The van der Waals surface area contributed by atoms with Crippen LogP contribution in [0.3, 0.4) is 0 Å². The number of benzene rings is 3. The van der Waals surface area contributed by atoms with Crippen LogP contribution in [0.1, 0.15) is 65.8 Å². The van der Waals surface area contributed by atoms with E-state index in [2.05, 4.69) is 80.3 Å². The molecule has 3 aromatic rings. The number of hydrogen-bond donors (Lipinski definition) is 1. The summed E-state index contributed by atoms with van der Waals surface area (Å²) in [5.41, 5.74) is 9.67. The minimum atomic E-state index is -1.03. The second kappa shape index (κ2) is 10.6. The molecule has 1 N–H and O–H groups in total. The van der Waals surface area contributed by atoms with E-state index >= 15 is 0 Å². The normalized spacial score (nSPS) is 14.9. The van der Waals surface area contributed by atoms with Crippen molar-refractivity contribution in [1.82, 2.24) is 4.90 Å². The quantitative estimate of drug-likeness (QED) is 0.399. The number of aryl methyl sites for hydroxylation is 1. The van der Waals surface area contributed by atoms with Gasteiger partial charge >= 0.3 is 5.97 Å². The van der Waals surface area contributed by atoms with E-state index in [0.29, 0.717) is 0 Å². The summed E-state index contributed by atoms with van der Waals surface area (Å²) in [6, 6.07) is 19.1. The van der Waals surface area contributed by atoms with Gasteiger partial charge in [0.15, 0.2) is 6.10 Å². The number of nitrogens with zero attached hydrogens (tertiary/aromatic N) is 1. The molecule has 3 aromatic carbocycles. The van der Waals surface area contributed by atoms with Crippen LogP contribution in [0.2, 0.25) is 0 Å². The first-order valence-corrected chi connectivity index (χ1v) is 12.9. The third-order valence-corrected chi connectivity index (χ3v) is 7.24. The first kappa shape index (κ1) is 26.1. The lowest BCUT2D eigenvalue weighted by Crippen LogP contribution is -2.34. The number of rotatable bonds is 7. The Kier molecular flexibility index (Phi) is 7.67. The van der Waals surface area contributed by atoms with E-state index in [-0.39, 0.29) is 0 Å². The molecule has 0 saturated carbocycles. The van der Waals surface area contributed by atoms with Gasteiger partial charge in [0.1, 0.15) is 0 Å². The van der Waals surface area contributed by atoms with E-state index in [4.69, 9.17) is 4.74 Å². The number of carboxylic acids is 1. The van der Waals surface area contributed by atoms with Crippen molar-refractivity contribution >= 4 is 5.97 Å². The predicted molar refractivity (Wildman–Crippen MR) is 146 cm³/mol. The largest absolute Gasteiger partial charge is 0.479 e. The van der Waals surface area contributed by atoms with Crippen LogP contribution in [0, 0.1) is 20.8 Å². The molecule has 1 heterocycles. The average Bonchev–Trinajstić information content (AvgIpc) is 2.84. The van der Waals surface area contributed by atoms with Crippen molar-refractivity contribution in [3.8, 4) is 11.1 Å². The number of carboxylic acid groups (broad SMARTS) is 1. The van der Waals surface area contributed by atoms with Crippen LogP contribution in [0.15, 0.2) is 54.6 Å². The zero-order valence-corrected chi connectivity index (χ0v) is 22.5. The fourth-order valence-electron chi connectivity index (χ4n) is 5.41. The molecule has 1 aliphatic heterocycles. The molecule has 1 unspecified atom stereocenters. The van der Waals surface area contributed by atoms with E-state index in [1.54, 1.807) is 0 Å². The summed E-state index contributed by atoms with van der Waals surface area (Å²) in [6.07, 6.45) is 0.915. The molecule has 36 heavy (non-hydrogen) atoms. The van der Waals surface area contributed by atoms with Crippen molar-refractivity contribution in [3.05, 3.63) is 93.5 Å². The molecule has 1 aliphatic rings. The van der Waals surface area contributed by atoms with Gasteiger partial charge in [-0.2, -0.15) is 0 Å². The molecule has 4 rings (SSSR count). The van der Waals surface area contributed by atoms with Gasteiger partial charge in [0.05, 0.1) is 5.60 Å². The molecule has 0 amide bonds. The van der Waals surface area contributed by atoms with Crippen LogP contribution >= 0.6 is 0 Å². The summed E-state index contributed by atoms with van der Waals surface area (Å²) in [4.78, 5) is 15.1. The molecular formula is C32H39NO3. The molecule has 0 saturated heterocycles. The SMILES string of the molecule is Cc1ccc(-c2c(C)c3c(c(C)c2C(OC(C)(C)C)C(=O)O)CCN(CCc2ccccc2)C3)cc1. The lowest BCUT2D eigenvalue weighted by Gasteiger charge is -2.35. The predicted octanol–water partition coefficient (Wildman–Crippen LogP) is 6.82. The first-order chi connectivity index (χ1) is 17.0. The van der Waals surface area contributed by atoms with Gasteiger partial charge in [0, 0.05) is 25.2 Å². The fourth-order valence-corrected chi connectivity index (χ4v) is 5.41. The zero-order chi connectivity index (χ0) is 26.0. The molecule has 1 atom stereocenters. The smallest absolute Gasteiger partial charge is 0.337 e. The minimum absolute atomic E-state index is 0.585. The van der Waals surface area contributed by atoms with Gasteiger partial charge in [-0.05, 0) is 93.3 Å². The van der Waals surface area contributed by atoms with Crippen molar-refractivity contribution in [2.75, 3.05) is 13.1 Å². The first-order valence-electron chi connectivity index (χ1n) is 12.9. The number of fused-ring (bicyclic) bond motifs is 1. The summed E-state index contributed by atoms with van der Waals surface area (Å²) >= 11 is 0. The van der Waals surface area contributed by atoms with Gasteiger partial charge < -0.3 is 9.84 Å². The van der Waals surface area contributed by atoms with E-state index < -0.39 is 17.7 Å².